The Bertz CT molecular complexity index is 643. The summed E-state index contributed by atoms with van der Waals surface area (Å²) in [6.45, 7) is 4.76. The molecule has 1 aromatic rings. The normalized spacial score (nSPS) is 16.8. The number of aromatic nitrogens is 1. The molecule has 0 aromatic carbocycles. The van der Waals surface area contributed by atoms with E-state index in [1.807, 2.05) is 12.1 Å². The Morgan fingerprint density at radius 1 is 1.50 bits per heavy atom. The van der Waals surface area contributed by atoms with Crippen LogP contribution >= 0.6 is 0 Å². The molecule has 0 radical (unpaired) electrons. The summed E-state index contributed by atoms with van der Waals surface area (Å²) in [6, 6.07) is 3.52. The highest BCUT2D eigenvalue weighted by Gasteiger charge is 2.25. The number of carbonyl (C=O) groups excluding carboxylic acids is 1. The largest absolute Gasteiger partial charge is 0.480 e. The van der Waals surface area contributed by atoms with E-state index in [1.165, 1.54) is 0 Å². The smallest absolute Gasteiger partial charge is 0.317 e. The van der Waals surface area contributed by atoms with Crippen molar-refractivity contribution in [1.82, 2.24) is 20.1 Å². The lowest BCUT2D eigenvalue weighted by molar-refractivity contribution is -0.138. The SMILES string of the molecule is CCCCOc1ncccc1CNC(=O)N1CCOC(CN(C)CC(=O)O)C1. The van der Waals surface area contributed by atoms with Gasteiger partial charge >= 0.3 is 12.0 Å². The molecule has 0 bridgehead atoms. The number of unbranched alkanes of at least 4 members (excludes halogenated alkanes) is 1. The van der Waals surface area contributed by atoms with Gasteiger partial charge in [-0.3, -0.25) is 9.69 Å². The number of nitrogens with zero attached hydrogens (tertiary/aromatic N) is 3. The van der Waals surface area contributed by atoms with E-state index in [9.17, 15) is 9.59 Å². The zero-order chi connectivity index (χ0) is 20.4. The molecule has 1 atom stereocenters. The number of hydrogen-bond donors (Lipinski definition) is 2. The molecule has 9 nitrogen and oxygen atoms in total. The van der Waals surface area contributed by atoms with E-state index in [4.69, 9.17) is 14.6 Å². The van der Waals surface area contributed by atoms with Crippen molar-refractivity contribution >= 4 is 12.0 Å². The van der Waals surface area contributed by atoms with E-state index >= 15 is 0 Å². The third-order valence-corrected chi connectivity index (χ3v) is 4.36. The predicted molar refractivity (Wildman–Crippen MR) is 103 cm³/mol. The van der Waals surface area contributed by atoms with Gasteiger partial charge in [0.15, 0.2) is 0 Å². The van der Waals surface area contributed by atoms with Crippen LogP contribution in [-0.2, 0) is 16.1 Å². The van der Waals surface area contributed by atoms with Crippen LogP contribution in [0.3, 0.4) is 0 Å². The summed E-state index contributed by atoms with van der Waals surface area (Å²) in [5.74, 6) is -0.340. The molecule has 0 saturated carbocycles. The fourth-order valence-corrected chi connectivity index (χ4v) is 2.94. The minimum absolute atomic E-state index is 0.0616. The summed E-state index contributed by atoms with van der Waals surface area (Å²) in [7, 11) is 1.72. The zero-order valence-corrected chi connectivity index (χ0v) is 16.6. The molecule has 2 N–H and O–H groups in total. The molecular weight excluding hydrogens is 364 g/mol. The van der Waals surface area contributed by atoms with Crippen molar-refractivity contribution in [3.63, 3.8) is 0 Å². The first-order chi connectivity index (χ1) is 13.5. The number of carboxylic acids is 1. The van der Waals surface area contributed by atoms with Gasteiger partial charge in [0.05, 0.1) is 25.9 Å². The number of ether oxygens (including phenoxy) is 2. The van der Waals surface area contributed by atoms with Crippen LogP contribution in [0, 0.1) is 0 Å². The van der Waals surface area contributed by atoms with Gasteiger partial charge in [-0.25, -0.2) is 9.78 Å². The van der Waals surface area contributed by atoms with Crippen molar-refractivity contribution in [2.24, 2.45) is 0 Å². The average Bonchev–Trinajstić information content (AvgIpc) is 2.66. The number of carbonyl (C=O) groups is 2. The molecule has 2 amide bonds. The summed E-state index contributed by atoms with van der Waals surface area (Å²) in [5.41, 5.74) is 0.831. The molecule has 1 aromatic heterocycles. The predicted octanol–water partition coefficient (Wildman–Crippen LogP) is 1.19. The zero-order valence-electron chi connectivity index (χ0n) is 16.6. The molecule has 1 aliphatic rings. The monoisotopic (exact) mass is 394 g/mol. The second-order valence-corrected chi connectivity index (χ2v) is 6.86. The third-order valence-electron chi connectivity index (χ3n) is 4.36. The highest BCUT2D eigenvalue weighted by molar-refractivity contribution is 5.74. The van der Waals surface area contributed by atoms with E-state index in [0.717, 1.165) is 18.4 Å². The van der Waals surface area contributed by atoms with Crippen LogP contribution in [0.4, 0.5) is 4.79 Å². The summed E-state index contributed by atoms with van der Waals surface area (Å²) in [4.78, 5) is 30.9. The number of carboxylic acid groups (broad SMARTS) is 1. The number of rotatable bonds is 10. The lowest BCUT2D eigenvalue weighted by Gasteiger charge is -2.34. The number of pyridine rings is 1. The van der Waals surface area contributed by atoms with Gasteiger partial charge < -0.3 is 24.8 Å². The van der Waals surface area contributed by atoms with Crippen LogP contribution in [0.2, 0.25) is 0 Å². The highest BCUT2D eigenvalue weighted by Crippen LogP contribution is 2.15. The Hall–Kier alpha value is -2.39. The van der Waals surface area contributed by atoms with Crippen molar-refractivity contribution in [3.05, 3.63) is 23.9 Å². The molecule has 1 aliphatic heterocycles. The van der Waals surface area contributed by atoms with E-state index in [-0.39, 0.29) is 18.7 Å². The van der Waals surface area contributed by atoms with Crippen LogP contribution in [-0.4, -0.2) is 84.4 Å². The summed E-state index contributed by atoms with van der Waals surface area (Å²) in [5, 5.41) is 11.8. The quantitative estimate of drug-likeness (QED) is 0.574. The molecular formula is C19H30N4O5. The fourth-order valence-electron chi connectivity index (χ4n) is 2.94. The first kappa shape index (κ1) is 21.9. The number of likely N-dealkylation sites (N-methyl/N-ethyl adjacent to an activating group) is 1. The molecule has 0 spiro atoms. The van der Waals surface area contributed by atoms with Crippen LogP contribution in [0.15, 0.2) is 18.3 Å². The van der Waals surface area contributed by atoms with E-state index < -0.39 is 5.97 Å². The minimum atomic E-state index is -0.888. The van der Waals surface area contributed by atoms with Gasteiger partial charge in [0.2, 0.25) is 5.88 Å². The summed E-state index contributed by atoms with van der Waals surface area (Å²) < 4.78 is 11.4. The van der Waals surface area contributed by atoms with Crippen LogP contribution in [0.1, 0.15) is 25.3 Å². The number of hydrogen-bond acceptors (Lipinski definition) is 6. The molecule has 1 unspecified atom stereocenters. The summed E-state index contributed by atoms with van der Waals surface area (Å²) in [6.07, 6.45) is 3.45. The van der Waals surface area contributed by atoms with Crippen molar-refractivity contribution in [1.29, 1.82) is 0 Å². The minimum Gasteiger partial charge on any atom is -0.480 e. The second kappa shape index (κ2) is 11.5. The Morgan fingerprint density at radius 2 is 2.32 bits per heavy atom. The molecule has 2 rings (SSSR count). The molecule has 2 heterocycles. The summed E-state index contributed by atoms with van der Waals surface area (Å²) >= 11 is 0. The van der Waals surface area contributed by atoms with Crippen LogP contribution in [0.25, 0.3) is 0 Å². The first-order valence-corrected chi connectivity index (χ1v) is 9.61. The first-order valence-electron chi connectivity index (χ1n) is 9.61. The van der Waals surface area contributed by atoms with Gasteiger partial charge in [-0.15, -0.1) is 0 Å². The van der Waals surface area contributed by atoms with Crippen molar-refractivity contribution in [2.75, 3.05) is 46.4 Å². The number of aliphatic carboxylic acids is 1. The van der Waals surface area contributed by atoms with Gasteiger partial charge in [-0.05, 0) is 19.5 Å². The van der Waals surface area contributed by atoms with Crippen LogP contribution in [0.5, 0.6) is 5.88 Å². The number of nitrogens with one attached hydrogen (secondary N) is 1. The molecule has 9 heteroatoms. The average molecular weight is 394 g/mol. The lowest BCUT2D eigenvalue weighted by atomic mass is 10.2. The van der Waals surface area contributed by atoms with E-state index in [2.05, 4.69) is 17.2 Å². The molecule has 1 fully saturated rings. The fraction of sp³-hybridized carbons (Fsp3) is 0.632. The standard InChI is InChI=1S/C19H30N4O5/c1-3-4-9-28-18-15(6-5-7-20-18)11-21-19(26)23-8-10-27-16(13-23)12-22(2)14-17(24)25/h5-7,16H,3-4,8-14H2,1-2H3,(H,21,26)(H,24,25). The van der Waals surface area contributed by atoms with Gasteiger partial charge in [0.25, 0.3) is 0 Å². The Labute approximate surface area is 165 Å². The highest BCUT2D eigenvalue weighted by atomic mass is 16.5. The molecule has 28 heavy (non-hydrogen) atoms. The van der Waals surface area contributed by atoms with Gasteiger partial charge in [0.1, 0.15) is 0 Å². The number of urea groups is 1. The topological polar surface area (TPSA) is 104 Å². The Morgan fingerprint density at radius 3 is 3.07 bits per heavy atom. The second-order valence-electron chi connectivity index (χ2n) is 6.86. The van der Waals surface area contributed by atoms with Gasteiger partial charge in [-0.2, -0.15) is 0 Å². The van der Waals surface area contributed by atoms with Crippen molar-refractivity contribution < 1.29 is 24.2 Å². The van der Waals surface area contributed by atoms with Crippen LogP contribution < -0.4 is 10.1 Å². The van der Waals surface area contributed by atoms with Crippen molar-refractivity contribution in [3.8, 4) is 5.88 Å². The van der Waals surface area contributed by atoms with E-state index in [1.54, 1.807) is 23.0 Å². The molecule has 1 saturated heterocycles. The van der Waals surface area contributed by atoms with Crippen molar-refractivity contribution in [2.45, 2.75) is 32.4 Å². The van der Waals surface area contributed by atoms with Gasteiger partial charge in [0, 0.05) is 37.9 Å². The number of amides is 2. The van der Waals surface area contributed by atoms with Gasteiger partial charge in [-0.1, -0.05) is 19.4 Å². The number of morpholine rings is 1. The maximum atomic E-state index is 12.5. The maximum absolute atomic E-state index is 12.5. The third kappa shape index (κ3) is 7.32. The maximum Gasteiger partial charge on any atom is 0.317 e. The van der Waals surface area contributed by atoms with E-state index in [0.29, 0.717) is 45.3 Å². The molecule has 156 valence electrons. The lowest BCUT2D eigenvalue weighted by Crippen LogP contribution is -2.52. The Kier molecular flexibility index (Phi) is 8.96. The Balaban J connectivity index is 1.83. The molecule has 0 aliphatic carbocycles.